The van der Waals surface area contributed by atoms with E-state index in [1.54, 1.807) is 7.11 Å². The van der Waals surface area contributed by atoms with E-state index in [1.165, 1.54) is 0 Å². The Morgan fingerprint density at radius 3 is 2.56 bits per heavy atom. The molecule has 18 heavy (non-hydrogen) atoms. The van der Waals surface area contributed by atoms with E-state index in [1.807, 2.05) is 26.0 Å². The lowest BCUT2D eigenvalue weighted by Gasteiger charge is -2.19. The molecule has 2 rings (SSSR count). The van der Waals surface area contributed by atoms with Crippen molar-refractivity contribution in [3.8, 4) is 11.5 Å². The first kappa shape index (κ1) is 13.7. The number of benzene rings is 1. The summed E-state index contributed by atoms with van der Waals surface area (Å²) in [5.74, 6) is 1.45. The van der Waals surface area contributed by atoms with E-state index in [0.717, 1.165) is 28.6 Å². The summed E-state index contributed by atoms with van der Waals surface area (Å²) in [5, 5.41) is 10.1. The van der Waals surface area contributed by atoms with Crippen molar-refractivity contribution in [2.75, 3.05) is 7.11 Å². The Morgan fingerprint density at radius 1 is 1.39 bits per heavy atom. The Morgan fingerprint density at radius 2 is 2.06 bits per heavy atom. The summed E-state index contributed by atoms with van der Waals surface area (Å²) in [4.78, 5) is 0. The van der Waals surface area contributed by atoms with Crippen LogP contribution < -0.4 is 9.47 Å². The van der Waals surface area contributed by atoms with Crippen molar-refractivity contribution in [2.45, 2.75) is 44.8 Å². The summed E-state index contributed by atoms with van der Waals surface area (Å²) in [6.07, 6.45) is 2.42. The monoisotopic (exact) mass is 314 g/mol. The van der Waals surface area contributed by atoms with Gasteiger partial charge in [0.15, 0.2) is 11.5 Å². The molecule has 0 heterocycles. The van der Waals surface area contributed by atoms with Gasteiger partial charge in [0.05, 0.1) is 18.8 Å². The number of aliphatic hydroxyl groups is 1. The van der Waals surface area contributed by atoms with Crippen molar-refractivity contribution in [2.24, 2.45) is 0 Å². The molecule has 1 aromatic carbocycles. The van der Waals surface area contributed by atoms with Gasteiger partial charge in [-0.25, -0.2) is 0 Å². The van der Waals surface area contributed by atoms with Gasteiger partial charge in [-0.05, 0) is 38.8 Å². The quantitative estimate of drug-likeness (QED) is 0.906. The van der Waals surface area contributed by atoms with Crippen LogP contribution in [-0.2, 0) is 6.42 Å². The molecule has 100 valence electrons. The lowest BCUT2D eigenvalue weighted by Crippen LogP contribution is -2.14. The molecule has 0 bridgehead atoms. The second kappa shape index (κ2) is 5.10. The summed E-state index contributed by atoms with van der Waals surface area (Å²) in [7, 11) is 1.63. The summed E-state index contributed by atoms with van der Waals surface area (Å²) in [6.45, 7) is 3.97. The van der Waals surface area contributed by atoms with Crippen LogP contribution in [0.3, 0.4) is 0 Å². The molecule has 0 radical (unpaired) electrons. The fourth-order valence-corrected chi connectivity index (χ4v) is 2.43. The van der Waals surface area contributed by atoms with Gasteiger partial charge in [-0.15, -0.1) is 0 Å². The Balaban J connectivity index is 2.36. The third kappa shape index (κ3) is 3.18. The van der Waals surface area contributed by atoms with E-state index in [9.17, 15) is 5.11 Å². The van der Waals surface area contributed by atoms with Crippen LogP contribution in [0.15, 0.2) is 16.6 Å². The maximum atomic E-state index is 10.1. The minimum absolute atomic E-state index is 0.0765. The van der Waals surface area contributed by atoms with E-state index in [0.29, 0.717) is 12.2 Å². The van der Waals surface area contributed by atoms with Crippen molar-refractivity contribution in [3.05, 3.63) is 22.2 Å². The lowest BCUT2D eigenvalue weighted by molar-refractivity contribution is 0.147. The maximum absolute atomic E-state index is 10.1. The molecule has 0 amide bonds. The zero-order chi connectivity index (χ0) is 13.3. The molecule has 1 aromatic rings. The van der Waals surface area contributed by atoms with Crippen molar-refractivity contribution < 1.29 is 14.6 Å². The lowest BCUT2D eigenvalue weighted by atomic mass is 10.0. The third-order valence-corrected chi connectivity index (χ3v) is 3.47. The molecule has 1 aliphatic rings. The maximum Gasteiger partial charge on any atom is 0.164 e. The van der Waals surface area contributed by atoms with E-state index in [4.69, 9.17) is 9.47 Å². The number of hydrogen-bond donors (Lipinski definition) is 1. The molecule has 0 aliphatic heterocycles. The van der Waals surface area contributed by atoms with E-state index in [2.05, 4.69) is 15.9 Å². The molecule has 0 spiro atoms. The Labute approximate surface area is 116 Å². The number of halogens is 1. The largest absolute Gasteiger partial charge is 0.493 e. The standard InChI is InChI=1S/C14H19BrO3/c1-9(2)18-13-10(8-14(16)4-5-14)6-11(15)7-12(13)17-3/h6-7,9,16H,4-5,8H2,1-3H3. The summed E-state index contributed by atoms with van der Waals surface area (Å²) >= 11 is 3.46. The number of ether oxygens (including phenoxy) is 2. The Bertz CT molecular complexity index is 439. The smallest absolute Gasteiger partial charge is 0.164 e. The van der Waals surface area contributed by atoms with E-state index in [-0.39, 0.29) is 6.10 Å². The van der Waals surface area contributed by atoms with Gasteiger partial charge in [-0.3, -0.25) is 0 Å². The third-order valence-electron chi connectivity index (χ3n) is 3.02. The molecule has 0 aromatic heterocycles. The number of rotatable bonds is 5. The first-order valence-corrected chi connectivity index (χ1v) is 6.98. The fraction of sp³-hybridized carbons (Fsp3) is 0.571. The molecule has 3 nitrogen and oxygen atoms in total. The van der Waals surface area contributed by atoms with Crippen molar-refractivity contribution >= 4 is 15.9 Å². The van der Waals surface area contributed by atoms with E-state index < -0.39 is 5.60 Å². The van der Waals surface area contributed by atoms with Crippen LogP contribution in [-0.4, -0.2) is 23.9 Å². The van der Waals surface area contributed by atoms with Crippen LogP contribution in [0.4, 0.5) is 0 Å². The van der Waals surface area contributed by atoms with Gasteiger partial charge in [-0.2, -0.15) is 0 Å². The molecular formula is C14H19BrO3. The summed E-state index contributed by atoms with van der Waals surface area (Å²) in [6, 6.07) is 3.88. The molecule has 0 unspecified atom stereocenters. The first-order valence-electron chi connectivity index (χ1n) is 6.19. The highest BCUT2D eigenvalue weighted by Gasteiger charge is 2.41. The van der Waals surface area contributed by atoms with Gasteiger partial charge in [0, 0.05) is 16.5 Å². The molecule has 1 N–H and O–H groups in total. The zero-order valence-corrected chi connectivity index (χ0v) is 12.6. The molecule has 4 heteroatoms. The number of hydrogen-bond acceptors (Lipinski definition) is 3. The average Bonchev–Trinajstić information content (AvgIpc) is 2.99. The normalized spacial score (nSPS) is 16.8. The van der Waals surface area contributed by atoms with Gasteiger partial charge in [0.2, 0.25) is 0 Å². The highest BCUT2D eigenvalue weighted by molar-refractivity contribution is 9.10. The van der Waals surface area contributed by atoms with Crippen LogP contribution in [0.25, 0.3) is 0 Å². The second-order valence-electron chi connectivity index (χ2n) is 5.16. The van der Waals surface area contributed by atoms with Crippen molar-refractivity contribution in [3.63, 3.8) is 0 Å². The average molecular weight is 315 g/mol. The zero-order valence-electron chi connectivity index (χ0n) is 11.0. The highest BCUT2D eigenvalue weighted by atomic mass is 79.9. The van der Waals surface area contributed by atoms with E-state index >= 15 is 0 Å². The topological polar surface area (TPSA) is 38.7 Å². The van der Waals surface area contributed by atoms with Crippen LogP contribution >= 0.6 is 15.9 Å². The minimum atomic E-state index is -0.541. The molecule has 0 saturated heterocycles. The predicted octanol–water partition coefficient (Wildman–Crippen LogP) is 3.31. The summed E-state index contributed by atoms with van der Waals surface area (Å²) in [5.41, 5.74) is 0.455. The Kier molecular flexibility index (Phi) is 3.87. The molecule has 1 fully saturated rings. The van der Waals surface area contributed by atoms with Crippen molar-refractivity contribution in [1.29, 1.82) is 0 Å². The highest BCUT2D eigenvalue weighted by Crippen LogP contribution is 2.43. The number of methoxy groups -OCH3 is 1. The van der Waals surface area contributed by atoms with Gasteiger partial charge in [0.1, 0.15) is 0 Å². The predicted molar refractivity (Wildman–Crippen MR) is 74.3 cm³/mol. The fourth-order valence-electron chi connectivity index (χ4n) is 1.95. The van der Waals surface area contributed by atoms with Gasteiger partial charge in [-0.1, -0.05) is 15.9 Å². The summed E-state index contributed by atoms with van der Waals surface area (Å²) < 4.78 is 12.1. The first-order chi connectivity index (χ1) is 8.43. The van der Waals surface area contributed by atoms with Crippen LogP contribution in [0, 0.1) is 0 Å². The molecule has 1 aliphatic carbocycles. The van der Waals surface area contributed by atoms with Crippen molar-refractivity contribution in [1.82, 2.24) is 0 Å². The molecule has 1 saturated carbocycles. The van der Waals surface area contributed by atoms with Gasteiger partial charge in [0.25, 0.3) is 0 Å². The minimum Gasteiger partial charge on any atom is -0.493 e. The Hall–Kier alpha value is -0.740. The van der Waals surface area contributed by atoms with Gasteiger partial charge >= 0.3 is 0 Å². The van der Waals surface area contributed by atoms with Crippen LogP contribution in [0.1, 0.15) is 32.3 Å². The van der Waals surface area contributed by atoms with Gasteiger partial charge < -0.3 is 14.6 Å². The second-order valence-corrected chi connectivity index (χ2v) is 6.08. The van der Waals surface area contributed by atoms with Crippen LogP contribution in [0.5, 0.6) is 11.5 Å². The van der Waals surface area contributed by atoms with Crippen LogP contribution in [0.2, 0.25) is 0 Å². The molecule has 0 atom stereocenters. The SMILES string of the molecule is COc1cc(Br)cc(CC2(O)CC2)c1OC(C)C. The molecular weight excluding hydrogens is 296 g/mol.